The topological polar surface area (TPSA) is 60.5 Å². The van der Waals surface area contributed by atoms with Crippen LogP contribution in [0.3, 0.4) is 0 Å². The van der Waals surface area contributed by atoms with E-state index in [1.54, 1.807) is 5.51 Å². The fourth-order valence-electron chi connectivity index (χ4n) is 2.42. The van der Waals surface area contributed by atoms with Crippen LogP contribution in [0.5, 0.6) is 0 Å². The summed E-state index contributed by atoms with van der Waals surface area (Å²) < 4.78 is 13.2. The maximum atomic E-state index is 11.3. The van der Waals surface area contributed by atoms with Gasteiger partial charge in [-0.3, -0.25) is 4.79 Å². The number of thiazole rings is 1. The number of rotatable bonds is 2. The summed E-state index contributed by atoms with van der Waals surface area (Å²) in [7, 11) is -0.431. The minimum Gasteiger partial charge on any atom is -0.399 e. The fraction of sp³-hybridized carbons (Fsp3) is 0.467. The van der Waals surface area contributed by atoms with Crippen LogP contribution in [0.25, 0.3) is 10.2 Å². The molecule has 2 aromatic rings. The molecule has 1 aromatic heterocycles. The molecule has 0 radical (unpaired) electrons. The number of hydrogen-bond acceptors (Lipinski definition) is 5. The summed E-state index contributed by atoms with van der Waals surface area (Å²) in [5, 5.41) is 2.81. The molecule has 7 heteroatoms. The van der Waals surface area contributed by atoms with Gasteiger partial charge in [-0.05, 0) is 33.8 Å². The predicted octanol–water partition coefficient (Wildman–Crippen LogP) is 2.55. The maximum absolute atomic E-state index is 11.3. The van der Waals surface area contributed by atoms with Crippen molar-refractivity contribution in [3.8, 4) is 0 Å². The maximum Gasteiger partial charge on any atom is 0.496 e. The van der Waals surface area contributed by atoms with Gasteiger partial charge in [-0.2, -0.15) is 0 Å². The highest BCUT2D eigenvalue weighted by Crippen LogP contribution is 2.37. The Morgan fingerprint density at radius 1 is 1.23 bits per heavy atom. The lowest BCUT2D eigenvalue weighted by atomic mass is 9.79. The fourth-order valence-corrected chi connectivity index (χ4v) is 3.25. The largest absolute Gasteiger partial charge is 0.496 e. The Kier molecular flexibility index (Phi) is 3.54. The van der Waals surface area contributed by atoms with Crippen LogP contribution in [0.2, 0.25) is 0 Å². The SMILES string of the molecule is CC(=O)Nc1ccc(B2OC(C)(C)C(C)(C)O2)c2scnc12. The van der Waals surface area contributed by atoms with Crippen molar-refractivity contribution < 1.29 is 14.1 Å². The Labute approximate surface area is 134 Å². The van der Waals surface area contributed by atoms with Crippen molar-refractivity contribution in [3.05, 3.63) is 17.6 Å². The second-order valence-corrected chi connectivity index (χ2v) is 7.36. The number of benzene rings is 1. The van der Waals surface area contributed by atoms with E-state index < -0.39 is 7.12 Å². The zero-order valence-electron chi connectivity index (χ0n) is 13.4. The zero-order valence-corrected chi connectivity index (χ0v) is 14.2. The molecular formula is C15H19BN2O3S. The van der Waals surface area contributed by atoms with Crippen LogP contribution < -0.4 is 10.8 Å². The van der Waals surface area contributed by atoms with Crippen molar-refractivity contribution in [2.45, 2.75) is 45.8 Å². The molecule has 116 valence electrons. The van der Waals surface area contributed by atoms with E-state index in [-0.39, 0.29) is 17.1 Å². The van der Waals surface area contributed by atoms with Crippen molar-refractivity contribution in [3.63, 3.8) is 0 Å². The Bertz CT molecular complexity index is 725. The highest BCUT2D eigenvalue weighted by molar-refractivity contribution is 7.18. The van der Waals surface area contributed by atoms with E-state index in [9.17, 15) is 4.79 Å². The van der Waals surface area contributed by atoms with Gasteiger partial charge in [0.05, 0.1) is 27.1 Å². The van der Waals surface area contributed by atoms with Gasteiger partial charge in [0.1, 0.15) is 5.52 Å². The number of hydrogen-bond donors (Lipinski definition) is 1. The quantitative estimate of drug-likeness (QED) is 0.865. The van der Waals surface area contributed by atoms with Gasteiger partial charge in [0, 0.05) is 12.4 Å². The third-order valence-corrected chi connectivity index (χ3v) is 5.21. The van der Waals surface area contributed by atoms with Crippen LogP contribution in [0.4, 0.5) is 5.69 Å². The number of carbonyl (C=O) groups excluding carboxylic acids is 1. The lowest BCUT2D eigenvalue weighted by Crippen LogP contribution is -2.41. The smallest absolute Gasteiger partial charge is 0.399 e. The first kappa shape index (κ1) is 15.5. The molecule has 5 nitrogen and oxygen atoms in total. The van der Waals surface area contributed by atoms with E-state index in [0.29, 0.717) is 5.69 Å². The number of carbonyl (C=O) groups is 1. The molecule has 1 fully saturated rings. The van der Waals surface area contributed by atoms with Crippen molar-refractivity contribution in [2.24, 2.45) is 0 Å². The minimum absolute atomic E-state index is 0.113. The molecule has 1 aliphatic heterocycles. The van der Waals surface area contributed by atoms with E-state index in [0.717, 1.165) is 15.7 Å². The molecule has 1 aliphatic rings. The van der Waals surface area contributed by atoms with Gasteiger partial charge < -0.3 is 14.6 Å². The minimum atomic E-state index is -0.431. The lowest BCUT2D eigenvalue weighted by Gasteiger charge is -2.32. The number of amides is 1. The van der Waals surface area contributed by atoms with Gasteiger partial charge in [0.15, 0.2) is 0 Å². The molecule has 0 spiro atoms. The number of fused-ring (bicyclic) bond motifs is 1. The lowest BCUT2D eigenvalue weighted by molar-refractivity contribution is -0.114. The van der Waals surface area contributed by atoms with E-state index in [1.165, 1.54) is 18.3 Å². The Hall–Kier alpha value is -1.44. The Balaban J connectivity index is 2.03. The molecule has 0 bridgehead atoms. The number of aromatic nitrogens is 1. The van der Waals surface area contributed by atoms with Crippen molar-refractivity contribution in [1.29, 1.82) is 0 Å². The Morgan fingerprint density at radius 3 is 2.45 bits per heavy atom. The van der Waals surface area contributed by atoms with Crippen molar-refractivity contribution >= 4 is 45.7 Å². The van der Waals surface area contributed by atoms with E-state index in [4.69, 9.17) is 9.31 Å². The highest BCUT2D eigenvalue weighted by atomic mass is 32.1. The van der Waals surface area contributed by atoms with Gasteiger partial charge >= 0.3 is 7.12 Å². The molecule has 0 aliphatic carbocycles. The average Bonchev–Trinajstić information content (AvgIpc) is 2.93. The van der Waals surface area contributed by atoms with Crippen LogP contribution >= 0.6 is 11.3 Å². The summed E-state index contributed by atoms with van der Waals surface area (Å²) in [6.07, 6.45) is 0. The summed E-state index contributed by atoms with van der Waals surface area (Å²) in [5.74, 6) is -0.113. The molecule has 0 saturated carbocycles. The Morgan fingerprint density at radius 2 is 1.86 bits per heavy atom. The molecule has 3 rings (SSSR count). The monoisotopic (exact) mass is 318 g/mol. The van der Waals surface area contributed by atoms with Crippen molar-refractivity contribution in [2.75, 3.05) is 5.32 Å². The normalized spacial score (nSPS) is 19.6. The van der Waals surface area contributed by atoms with E-state index >= 15 is 0 Å². The molecule has 1 aromatic carbocycles. The van der Waals surface area contributed by atoms with Crippen LogP contribution in [-0.2, 0) is 14.1 Å². The van der Waals surface area contributed by atoms with Gasteiger partial charge in [-0.1, -0.05) is 6.07 Å². The molecule has 2 heterocycles. The van der Waals surface area contributed by atoms with Crippen molar-refractivity contribution in [1.82, 2.24) is 4.98 Å². The van der Waals surface area contributed by atoms with Gasteiger partial charge in [-0.25, -0.2) is 4.98 Å². The molecule has 1 amide bonds. The second-order valence-electron chi connectivity index (χ2n) is 6.50. The van der Waals surface area contributed by atoms with E-state index in [1.807, 2.05) is 39.8 Å². The third-order valence-electron chi connectivity index (χ3n) is 4.33. The van der Waals surface area contributed by atoms with Gasteiger partial charge in [-0.15, -0.1) is 11.3 Å². The average molecular weight is 318 g/mol. The molecule has 1 N–H and O–H groups in total. The van der Waals surface area contributed by atoms with Crippen LogP contribution in [0, 0.1) is 0 Å². The van der Waals surface area contributed by atoms with Gasteiger partial charge in [0.25, 0.3) is 0 Å². The summed E-state index contributed by atoms with van der Waals surface area (Å²) in [6.45, 7) is 9.61. The van der Waals surface area contributed by atoms with Crippen LogP contribution in [0.15, 0.2) is 17.6 Å². The summed E-state index contributed by atoms with van der Waals surface area (Å²) >= 11 is 1.52. The van der Waals surface area contributed by atoms with E-state index in [2.05, 4.69) is 10.3 Å². The first-order chi connectivity index (χ1) is 10.2. The number of nitrogens with one attached hydrogen (secondary N) is 1. The summed E-state index contributed by atoms with van der Waals surface area (Å²) in [5.41, 5.74) is 3.43. The molecular weight excluding hydrogens is 299 g/mol. The highest BCUT2D eigenvalue weighted by Gasteiger charge is 2.52. The standard InChI is InChI=1S/C15H19BN2O3S/c1-9(19)18-11-7-6-10(13-12(11)17-8-22-13)16-20-14(2,3)15(4,5)21-16/h6-8H,1-5H3,(H,18,19). The number of nitrogens with zero attached hydrogens (tertiary/aromatic N) is 1. The molecule has 1 saturated heterocycles. The number of anilines is 1. The zero-order chi connectivity index (χ0) is 16.1. The van der Waals surface area contributed by atoms with Crippen LogP contribution in [0.1, 0.15) is 34.6 Å². The predicted molar refractivity (Wildman–Crippen MR) is 89.6 cm³/mol. The van der Waals surface area contributed by atoms with Gasteiger partial charge in [0.2, 0.25) is 5.91 Å². The molecule has 0 atom stereocenters. The third kappa shape index (κ3) is 2.43. The second kappa shape index (κ2) is 5.04. The molecule has 0 unspecified atom stereocenters. The molecule has 22 heavy (non-hydrogen) atoms. The first-order valence-corrected chi connectivity index (χ1v) is 8.08. The first-order valence-electron chi connectivity index (χ1n) is 7.20. The summed E-state index contributed by atoms with van der Waals surface area (Å²) in [4.78, 5) is 15.7. The van der Waals surface area contributed by atoms with Crippen LogP contribution in [-0.4, -0.2) is 29.2 Å². The summed E-state index contributed by atoms with van der Waals surface area (Å²) in [6, 6.07) is 3.79.